The van der Waals surface area contributed by atoms with Gasteiger partial charge in [0, 0.05) is 62.5 Å². The molecule has 2 atom stereocenters. The Balaban J connectivity index is 1.19. The van der Waals surface area contributed by atoms with Crippen LogP contribution in [0.25, 0.3) is 5.70 Å². The van der Waals surface area contributed by atoms with Crippen molar-refractivity contribution in [3.05, 3.63) is 71.8 Å². The normalized spacial score (nSPS) is 25.0. The van der Waals surface area contributed by atoms with Gasteiger partial charge in [0.1, 0.15) is 0 Å². The van der Waals surface area contributed by atoms with Crippen LogP contribution in [0.15, 0.2) is 55.1 Å². The molecule has 0 aromatic heterocycles. The average Bonchev–Trinajstić information content (AvgIpc) is 3.40. The molecule has 2 aromatic carbocycles. The van der Waals surface area contributed by atoms with Crippen molar-refractivity contribution in [2.45, 2.75) is 24.6 Å². The Morgan fingerprint density at radius 1 is 0.912 bits per heavy atom. The number of piperidine rings is 1. The number of alkyl halides is 3. The third kappa shape index (κ3) is 4.43. The van der Waals surface area contributed by atoms with Crippen molar-refractivity contribution in [2.75, 3.05) is 51.2 Å². The summed E-state index contributed by atoms with van der Waals surface area (Å²) in [7, 11) is 2.08. The lowest BCUT2D eigenvalue weighted by Crippen LogP contribution is -2.40. The molecule has 3 aliphatic rings. The zero-order valence-corrected chi connectivity index (χ0v) is 19.6. The molecular formula is C27H32F3N3O. The summed E-state index contributed by atoms with van der Waals surface area (Å²) in [4.78, 5) is 6.78. The molecule has 3 heterocycles. The highest BCUT2D eigenvalue weighted by molar-refractivity contribution is 5.63. The highest BCUT2D eigenvalue weighted by atomic mass is 19.4. The number of likely N-dealkylation sites (tertiary alicyclic amines) is 2. The lowest BCUT2D eigenvalue weighted by molar-refractivity contribution is -0.137. The minimum absolute atomic E-state index is 0.471. The number of nitrogens with zero attached hydrogens (tertiary/aromatic N) is 3. The van der Waals surface area contributed by atoms with Crippen LogP contribution in [-0.4, -0.2) is 61.2 Å². The van der Waals surface area contributed by atoms with Gasteiger partial charge in [-0.15, -0.1) is 0 Å². The lowest BCUT2D eigenvalue weighted by atomic mass is 9.84. The van der Waals surface area contributed by atoms with Gasteiger partial charge < -0.3 is 19.8 Å². The van der Waals surface area contributed by atoms with Crippen molar-refractivity contribution in [3.63, 3.8) is 0 Å². The Hall–Kier alpha value is -2.51. The first kappa shape index (κ1) is 23.2. The largest absolute Gasteiger partial charge is 0.416 e. The Kier molecular flexibility index (Phi) is 5.89. The van der Waals surface area contributed by atoms with Crippen molar-refractivity contribution in [1.29, 1.82) is 0 Å². The van der Waals surface area contributed by atoms with E-state index in [-0.39, 0.29) is 0 Å². The summed E-state index contributed by atoms with van der Waals surface area (Å²) < 4.78 is 38.6. The van der Waals surface area contributed by atoms with E-state index in [4.69, 9.17) is 0 Å². The molecule has 3 saturated heterocycles. The number of fused-ring (bicyclic) bond motifs is 1. The molecule has 34 heavy (non-hydrogen) atoms. The second-order valence-electron chi connectivity index (χ2n) is 10.2. The number of anilines is 1. The van der Waals surface area contributed by atoms with Gasteiger partial charge in [0.25, 0.3) is 0 Å². The number of rotatable bonds is 4. The topological polar surface area (TPSA) is 30.0 Å². The summed E-state index contributed by atoms with van der Waals surface area (Å²) in [5, 5.41) is 11.1. The van der Waals surface area contributed by atoms with Crippen LogP contribution in [0.2, 0.25) is 0 Å². The molecule has 0 aliphatic carbocycles. The summed E-state index contributed by atoms with van der Waals surface area (Å²) in [6.07, 6.45) is -2.81. The molecule has 0 amide bonds. The van der Waals surface area contributed by atoms with E-state index in [2.05, 4.69) is 40.5 Å². The molecule has 7 heteroatoms. The highest BCUT2D eigenvalue weighted by Crippen LogP contribution is 2.39. The summed E-state index contributed by atoms with van der Waals surface area (Å²) in [6, 6.07) is 13.7. The van der Waals surface area contributed by atoms with E-state index in [1.165, 1.54) is 12.1 Å². The van der Waals surface area contributed by atoms with Crippen molar-refractivity contribution < 1.29 is 18.3 Å². The van der Waals surface area contributed by atoms with Gasteiger partial charge in [-0.2, -0.15) is 13.2 Å². The molecule has 3 fully saturated rings. The summed E-state index contributed by atoms with van der Waals surface area (Å²) in [5.74, 6) is 0.941. The van der Waals surface area contributed by atoms with E-state index < -0.39 is 17.3 Å². The van der Waals surface area contributed by atoms with Crippen LogP contribution in [0.3, 0.4) is 0 Å². The van der Waals surface area contributed by atoms with E-state index in [0.717, 1.165) is 74.6 Å². The van der Waals surface area contributed by atoms with Gasteiger partial charge in [-0.05, 0) is 55.3 Å². The highest BCUT2D eigenvalue weighted by Gasteiger charge is 2.41. The Labute approximate surface area is 199 Å². The van der Waals surface area contributed by atoms with Gasteiger partial charge in [-0.1, -0.05) is 30.8 Å². The number of aliphatic hydroxyl groups is 1. The van der Waals surface area contributed by atoms with Crippen LogP contribution in [-0.2, 0) is 11.8 Å². The molecule has 0 saturated carbocycles. The van der Waals surface area contributed by atoms with Gasteiger partial charge >= 0.3 is 6.18 Å². The van der Waals surface area contributed by atoms with Crippen LogP contribution < -0.4 is 4.90 Å². The van der Waals surface area contributed by atoms with Crippen molar-refractivity contribution in [2.24, 2.45) is 11.8 Å². The number of halogens is 3. The van der Waals surface area contributed by atoms with Gasteiger partial charge in [0.15, 0.2) is 0 Å². The zero-order valence-electron chi connectivity index (χ0n) is 19.6. The monoisotopic (exact) mass is 471 g/mol. The predicted molar refractivity (Wildman–Crippen MR) is 128 cm³/mol. The Bertz CT molecular complexity index is 1010. The third-order valence-corrected chi connectivity index (χ3v) is 8.00. The standard InChI is InChI=1S/C27H32F3N3O/c1-19(20-3-5-23(6-4-20)26(34)11-13-31(2)14-12-26)32-15-21-17-33(18-22(21)16-32)25-9-7-24(8-10-25)27(28,29)30/h3-10,21-22,34H,1,11-18H2,2H3. The number of hydrogen-bond acceptors (Lipinski definition) is 4. The van der Waals surface area contributed by atoms with E-state index in [9.17, 15) is 18.3 Å². The van der Waals surface area contributed by atoms with Gasteiger partial charge in [-0.3, -0.25) is 0 Å². The molecule has 2 aromatic rings. The number of benzene rings is 2. The van der Waals surface area contributed by atoms with Crippen LogP contribution in [0.1, 0.15) is 29.5 Å². The fourth-order valence-electron chi connectivity index (χ4n) is 5.72. The van der Waals surface area contributed by atoms with Crippen LogP contribution in [0.4, 0.5) is 18.9 Å². The lowest BCUT2D eigenvalue weighted by Gasteiger charge is -2.37. The smallest absolute Gasteiger partial charge is 0.385 e. The van der Waals surface area contributed by atoms with E-state index in [0.29, 0.717) is 11.8 Å². The molecule has 5 rings (SSSR count). The first-order valence-electron chi connectivity index (χ1n) is 12.0. The van der Waals surface area contributed by atoms with E-state index >= 15 is 0 Å². The molecule has 2 unspecified atom stereocenters. The maximum atomic E-state index is 12.9. The van der Waals surface area contributed by atoms with E-state index in [1.54, 1.807) is 12.1 Å². The minimum atomic E-state index is -4.30. The molecule has 0 radical (unpaired) electrons. The van der Waals surface area contributed by atoms with E-state index in [1.807, 2.05) is 12.1 Å². The summed E-state index contributed by atoms with van der Waals surface area (Å²) in [5.41, 5.74) is 2.54. The Morgan fingerprint density at radius 3 is 2.00 bits per heavy atom. The molecule has 4 nitrogen and oxygen atoms in total. The van der Waals surface area contributed by atoms with Crippen LogP contribution in [0, 0.1) is 11.8 Å². The quantitative estimate of drug-likeness (QED) is 0.703. The third-order valence-electron chi connectivity index (χ3n) is 8.00. The number of hydrogen-bond donors (Lipinski definition) is 1. The summed E-state index contributed by atoms with van der Waals surface area (Å²) in [6.45, 7) is 9.64. The second-order valence-corrected chi connectivity index (χ2v) is 10.2. The maximum Gasteiger partial charge on any atom is 0.416 e. The Morgan fingerprint density at radius 2 is 1.47 bits per heavy atom. The molecule has 1 N–H and O–H groups in total. The fraction of sp³-hybridized carbons (Fsp3) is 0.481. The minimum Gasteiger partial charge on any atom is -0.385 e. The average molecular weight is 472 g/mol. The van der Waals surface area contributed by atoms with Crippen molar-refractivity contribution >= 4 is 11.4 Å². The van der Waals surface area contributed by atoms with Crippen molar-refractivity contribution in [1.82, 2.24) is 9.80 Å². The first-order valence-corrected chi connectivity index (χ1v) is 12.0. The zero-order chi connectivity index (χ0) is 24.1. The molecular weight excluding hydrogens is 439 g/mol. The first-order chi connectivity index (χ1) is 16.1. The fourth-order valence-corrected chi connectivity index (χ4v) is 5.72. The van der Waals surface area contributed by atoms with Crippen molar-refractivity contribution in [3.8, 4) is 0 Å². The van der Waals surface area contributed by atoms with Gasteiger partial charge in [0.05, 0.1) is 11.2 Å². The maximum absolute atomic E-state index is 12.9. The van der Waals surface area contributed by atoms with Gasteiger partial charge in [-0.25, -0.2) is 0 Å². The molecule has 182 valence electrons. The van der Waals surface area contributed by atoms with Crippen LogP contribution >= 0.6 is 0 Å². The van der Waals surface area contributed by atoms with Gasteiger partial charge in [0.2, 0.25) is 0 Å². The SMILES string of the molecule is C=C(c1ccc(C2(O)CCN(C)CC2)cc1)N1CC2CN(c3ccc(C(F)(F)F)cc3)CC2C1. The molecule has 0 bridgehead atoms. The predicted octanol–water partition coefficient (Wildman–Crippen LogP) is 4.66. The second kappa shape index (κ2) is 8.61. The molecule has 3 aliphatic heterocycles. The molecule has 0 spiro atoms. The summed E-state index contributed by atoms with van der Waals surface area (Å²) >= 11 is 0. The van der Waals surface area contributed by atoms with Crippen LogP contribution in [0.5, 0.6) is 0 Å².